The second-order valence-electron chi connectivity index (χ2n) is 2.04. The zero-order valence-electron chi connectivity index (χ0n) is 6.23. The summed E-state index contributed by atoms with van der Waals surface area (Å²) in [4.78, 5) is 28.2. The van der Waals surface area contributed by atoms with Gasteiger partial charge in [-0.2, -0.15) is 0 Å². The van der Waals surface area contributed by atoms with Gasteiger partial charge in [0.1, 0.15) is 5.82 Å². The first-order valence-electron chi connectivity index (χ1n) is 3.10. The molecule has 0 aromatic carbocycles. The van der Waals surface area contributed by atoms with Crippen molar-refractivity contribution in [1.29, 1.82) is 0 Å². The van der Waals surface area contributed by atoms with Gasteiger partial charge in [0.15, 0.2) is 5.34 Å². The molecular weight excluding hydrogens is 242 g/mol. The van der Waals surface area contributed by atoms with Gasteiger partial charge in [-0.25, -0.2) is 9.78 Å². The summed E-state index contributed by atoms with van der Waals surface area (Å²) in [5, 5.41) is 2.00. The molecule has 0 amide bonds. The highest BCUT2D eigenvalue weighted by molar-refractivity contribution is 9.10. The van der Waals surface area contributed by atoms with Crippen LogP contribution in [0.1, 0.15) is 10.4 Å². The number of nitrogens with two attached hydrogens (primary N) is 1. The molecule has 0 radical (unpaired) electrons. The average Bonchev–Trinajstić information content (AvgIpc) is 2.09. The maximum atomic E-state index is 11.0. The van der Waals surface area contributed by atoms with Crippen molar-refractivity contribution in [3.05, 3.63) is 27.2 Å². The highest BCUT2D eigenvalue weighted by atomic mass is 79.9. The van der Waals surface area contributed by atoms with E-state index in [-0.39, 0.29) is 11.4 Å². The van der Waals surface area contributed by atoms with Crippen LogP contribution < -0.4 is 5.73 Å². The van der Waals surface area contributed by atoms with Crippen molar-refractivity contribution < 1.29 is 9.63 Å². The quantitative estimate of drug-likeness (QED) is 0.626. The highest BCUT2D eigenvalue weighted by Crippen LogP contribution is 2.18. The van der Waals surface area contributed by atoms with Gasteiger partial charge in [-0.1, -0.05) is 0 Å². The Balaban J connectivity index is 3.05. The van der Waals surface area contributed by atoms with Crippen LogP contribution in [0.3, 0.4) is 0 Å². The second-order valence-corrected chi connectivity index (χ2v) is 2.90. The maximum Gasteiger partial charge on any atom is 0.370 e. The minimum absolute atomic E-state index is 0.104. The maximum absolute atomic E-state index is 11.0. The Bertz CT molecular complexity index is 355. The Morgan fingerprint density at radius 2 is 2.38 bits per heavy atom. The number of nitrogen functional groups attached to an aromatic ring is 1. The molecule has 7 heteroatoms. The monoisotopic (exact) mass is 245 g/mol. The van der Waals surface area contributed by atoms with E-state index in [1.165, 1.54) is 12.3 Å². The van der Waals surface area contributed by atoms with Crippen molar-refractivity contribution in [3.63, 3.8) is 0 Å². The van der Waals surface area contributed by atoms with Crippen LogP contribution in [0.15, 0.2) is 22.1 Å². The molecule has 0 fully saturated rings. The average molecular weight is 246 g/mol. The Morgan fingerprint density at radius 3 is 3.00 bits per heavy atom. The molecule has 0 bridgehead atoms. The van der Waals surface area contributed by atoms with Crippen molar-refractivity contribution in [2.45, 2.75) is 0 Å². The number of hydrogen-bond donors (Lipinski definition) is 1. The molecule has 0 unspecified atom stereocenters. The molecule has 0 saturated carbocycles. The lowest BCUT2D eigenvalue weighted by Crippen LogP contribution is -2.03. The van der Waals surface area contributed by atoms with E-state index >= 15 is 0 Å². The SMILES string of the molecule is Nc1cc(C(=O)ON=O)c(Br)cn1. The zero-order chi connectivity index (χ0) is 9.84. The zero-order valence-corrected chi connectivity index (χ0v) is 7.82. The van der Waals surface area contributed by atoms with E-state index in [2.05, 4.69) is 25.8 Å². The number of carbonyl (C=O) groups is 1. The van der Waals surface area contributed by atoms with Crippen LogP contribution in [0.5, 0.6) is 0 Å². The van der Waals surface area contributed by atoms with E-state index in [1.807, 2.05) is 5.34 Å². The molecule has 1 rings (SSSR count). The molecule has 1 heterocycles. The Morgan fingerprint density at radius 1 is 1.69 bits per heavy atom. The van der Waals surface area contributed by atoms with E-state index in [0.29, 0.717) is 4.47 Å². The van der Waals surface area contributed by atoms with Crippen LogP contribution in [0.25, 0.3) is 0 Å². The predicted octanol–water partition coefficient (Wildman–Crippen LogP) is 1.26. The molecule has 0 aliphatic rings. The van der Waals surface area contributed by atoms with Gasteiger partial charge in [0.2, 0.25) is 0 Å². The third-order valence-electron chi connectivity index (χ3n) is 1.22. The summed E-state index contributed by atoms with van der Waals surface area (Å²) in [6.07, 6.45) is 1.33. The first-order valence-corrected chi connectivity index (χ1v) is 3.89. The van der Waals surface area contributed by atoms with E-state index < -0.39 is 5.97 Å². The highest BCUT2D eigenvalue weighted by Gasteiger charge is 2.13. The summed E-state index contributed by atoms with van der Waals surface area (Å²) < 4.78 is 0.385. The standard InChI is InChI=1S/C6H4BrN3O3/c7-4-2-9-5(8)1-3(4)6(11)13-10-12/h1-2H,(H2,8,9). The lowest BCUT2D eigenvalue weighted by atomic mass is 10.3. The largest absolute Gasteiger partial charge is 0.384 e. The van der Waals surface area contributed by atoms with Crippen LogP contribution in [0.4, 0.5) is 5.82 Å². The second kappa shape index (κ2) is 3.94. The van der Waals surface area contributed by atoms with Crippen LogP contribution >= 0.6 is 15.9 Å². The third-order valence-corrected chi connectivity index (χ3v) is 1.85. The number of anilines is 1. The first kappa shape index (κ1) is 9.59. The molecular formula is C6H4BrN3O3. The van der Waals surface area contributed by atoms with E-state index in [1.54, 1.807) is 0 Å². The lowest BCUT2D eigenvalue weighted by Gasteiger charge is -1.99. The van der Waals surface area contributed by atoms with Gasteiger partial charge in [0.05, 0.1) is 10.0 Å². The van der Waals surface area contributed by atoms with E-state index in [4.69, 9.17) is 5.73 Å². The number of nitrogens with zero attached hydrogens (tertiary/aromatic N) is 2. The number of rotatable bonds is 2. The number of carbonyl (C=O) groups excluding carboxylic acids is 1. The summed E-state index contributed by atoms with van der Waals surface area (Å²) in [7, 11) is 0. The fourth-order valence-corrected chi connectivity index (χ4v) is 1.07. The van der Waals surface area contributed by atoms with E-state index in [9.17, 15) is 9.70 Å². The fraction of sp³-hybridized carbons (Fsp3) is 0. The Hall–Kier alpha value is -1.50. The topological polar surface area (TPSA) is 94.6 Å². The Kier molecular flexibility index (Phi) is 2.91. The molecule has 0 spiro atoms. The first-order chi connectivity index (χ1) is 6.15. The van der Waals surface area contributed by atoms with Crippen molar-refractivity contribution in [3.8, 4) is 0 Å². The number of halogens is 1. The number of pyridine rings is 1. The third kappa shape index (κ3) is 2.22. The normalized spacial score (nSPS) is 9.31. The van der Waals surface area contributed by atoms with Crippen molar-refractivity contribution in [2.24, 2.45) is 5.34 Å². The molecule has 13 heavy (non-hydrogen) atoms. The molecule has 0 atom stereocenters. The summed E-state index contributed by atoms with van der Waals surface area (Å²) >= 11 is 3.04. The van der Waals surface area contributed by atoms with Gasteiger partial charge in [-0.15, -0.1) is 4.91 Å². The summed E-state index contributed by atoms with van der Waals surface area (Å²) in [5.41, 5.74) is 5.42. The van der Waals surface area contributed by atoms with Gasteiger partial charge in [0, 0.05) is 6.20 Å². The fourth-order valence-electron chi connectivity index (χ4n) is 0.694. The Labute approximate surface area is 81.1 Å². The predicted molar refractivity (Wildman–Crippen MR) is 47.6 cm³/mol. The van der Waals surface area contributed by atoms with Crippen molar-refractivity contribution in [1.82, 2.24) is 4.98 Å². The van der Waals surface area contributed by atoms with Crippen LogP contribution in [-0.2, 0) is 4.84 Å². The molecule has 68 valence electrons. The van der Waals surface area contributed by atoms with Gasteiger partial charge < -0.3 is 5.73 Å². The minimum atomic E-state index is -0.879. The van der Waals surface area contributed by atoms with Crippen LogP contribution in [0, 0.1) is 4.91 Å². The number of aromatic nitrogens is 1. The molecule has 6 nitrogen and oxygen atoms in total. The lowest BCUT2D eigenvalue weighted by molar-refractivity contribution is 0.0507. The molecule has 0 saturated heterocycles. The van der Waals surface area contributed by atoms with E-state index in [0.717, 1.165) is 0 Å². The molecule has 1 aromatic heterocycles. The van der Waals surface area contributed by atoms with Gasteiger partial charge in [0.25, 0.3) is 0 Å². The molecule has 0 aliphatic heterocycles. The molecule has 2 N–H and O–H groups in total. The van der Waals surface area contributed by atoms with Crippen molar-refractivity contribution >= 4 is 27.7 Å². The minimum Gasteiger partial charge on any atom is -0.384 e. The summed E-state index contributed by atoms with van der Waals surface area (Å²) in [6.45, 7) is 0. The van der Waals surface area contributed by atoms with Crippen LogP contribution in [0.2, 0.25) is 0 Å². The van der Waals surface area contributed by atoms with Crippen LogP contribution in [-0.4, -0.2) is 11.0 Å². The number of hydrogen-bond acceptors (Lipinski definition) is 6. The van der Waals surface area contributed by atoms with Gasteiger partial charge in [-0.3, -0.25) is 4.84 Å². The smallest absolute Gasteiger partial charge is 0.370 e. The van der Waals surface area contributed by atoms with Gasteiger partial charge >= 0.3 is 5.97 Å². The molecule has 1 aromatic rings. The molecule has 0 aliphatic carbocycles. The van der Waals surface area contributed by atoms with Crippen molar-refractivity contribution in [2.75, 3.05) is 5.73 Å². The summed E-state index contributed by atoms with van der Waals surface area (Å²) in [5.74, 6) is -0.725. The summed E-state index contributed by atoms with van der Waals surface area (Å²) in [6, 6.07) is 1.28. The van der Waals surface area contributed by atoms with Gasteiger partial charge in [-0.05, 0) is 22.0 Å².